The summed E-state index contributed by atoms with van der Waals surface area (Å²) in [5.74, 6) is 1.01. The molecule has 0 bridgehead atoms. The first-order chi connectivity index (χ1) is 13.8. The summed E-state index contributed by atoms with van der Waals surface area (Å²) in [4.78, 5) is 16.5. The molecule has 2 heterocycles. The maximum absolute atomic E-state index is 12.0. The molecule has 4 rings (SSSR count). The van der Waals surface area contributed by atoms with Gasteiger partial charge < -0.3 is 14.2 Å². The van der Waals surface area contributed by atoms with Crippen LogP contribution in [0.1, 0.15) is 17.7 Å². The molecule has 0 aliphatic carbocycles. The van der Waals surface area contributed by atoms with Crippen LogP contribution in [0, 0.1) is 0 Å². The molecule has 1 aliphatic heterocycles. The van der Waals surface area contributed by atoms with Gasteiger partial charge in [-0.15, -0.1) is 11.3 Å². The van der Waals surface area contributed by atoms with Crippen LogP contribution in [0.3, 0.4) is 0 Å². The van der Waals surface area contributed by atoms with Crippen molar-refractivity contribution in [2.75, 3.05) is 13.2 Å². The number of carbonyl (C=O) groups excluding carboxylic acids is 1. The number of hydrogen-bond acceptors (Lipinski definition) is 6. The molecule has 28 heavy (non-hydrogen) atoms. The Morgan fingerprint density at radius 2 is 1.93 bits per heavy atom. The van der Waals surface area contributed by atoms with Crippen molar-refractivity contribution in [2.45, 2.75) is 13.0 Å². The largest absolute Gasteiger partial charge is 0.490 e. The molecule has 0 spiro atoms. The summed E-state index contributed by atoms with van der Waals surface area (Å²) in [6.07, 6.45) is 3.96. The second-order valence-electron chi connectivity index (χ2n) is 6.21. The zero-order valence-corrected chi connectivity index (χ0v) is 16.0. The molecule has 2 aromatic carbocycles. The maximum atomic E-state index is 12.0. The number of aromatic nitrogens is 1. The molecule has 0 saturated heterocycles. The molecule has 3 aromatic rings. The summed E-state index contributed by atoms with van der Waals surface area (Å²) in [7, 11) is 0. The first kappa shape index (κ1) is 18.3. The number of fused-ring (bicyclic) bond motifs is 1. The third-order valence-corrected chi connectivity index (χ3v) is 5.06. The zero-order chi connectivity index (χ0) is 19.2. The van der Waals surface area contributed by atoms with Crippen molar-refractivity contribution >= 4 is 23.4 Å². The Morgan fingerprint density at radius 3 is 2.79 bits per heavy atom. The van der Waals surface area contributed by atoms with Gasteiger partial charge in [-0.3, -0.25) is 0 Å². The van der Waals surface area contributed by atoms with Gasteiger partial charge in [-0.05, 0) is 23.8 Å². The quantitative estimate of drug-likeness (QED) is 0.463. The number of esters is 1. The van der Waals surface area contributed by atoms with E-state index in [4.69, 9.17) is 14.2 Å². The maximum Gasteiger partial charge on any atom is 0.331 e. The summed E-state index contributed by atoms with van der Waals surface area (Å²) in [5.41, 5.74) is 2.64. The topological polar surface area (TPSA) is 57.7 Å². The molecule has 1 aromatic heterocycles. The van der Waals surface area contributed by atoms with Crippen LogP contribution in [-0.2, 0) is 16.1 Å². The minimum absolute atomic E-state index is 0.146. The lowest BCUT2D eigenvalue weighted by molar-refractivity contribution is -0.139. The summed E-state index contributed by atoms with van der Waals surface area (Å²) < 4.78 is 16.6. The van der Waals surface area contributed by atoms with Gasteiger partial charge in [0.1, 0.15) is 11.6 Å². The van der Waals surface area contributed by atoms with E-state index in [2.05, 4.69) is 4.98 Å². The van der Waals surface area contributed by atoms with E-state index in [1.54, 1.807) is 6.08 Å². The number of carbonyl (C=O) groups is 1. The van der Waals surface area contributed by atoms with Gasteiger partial charge in [0.2, 0.25) is 0 Å². The van der Waals surface area contributed by atoms with E-state index in [9.17, 15) is 4.79 Å². The molecule has 0 N–H and O–H groups in total. The third-order valence-electron chi connectivity index (χ3n) is 4.12. The molecule has 5 nitrogen and oxygen atoms in total. The van der Waals surface area contributed by atoms with Crippen LogP contribution in [-0.4, -0.2) is 24.2 Å². The Labute approximate surface area is 167 Å². The minimum Gasteiger partial charge on any atom is -0.490 e. The standard InChI is InChI=1S/C22H19NO4S/c24-21(10-8-16-7-9-19-20(13-16)26-12-4-11-25-19)27-14-18-15-28-22(23-18)17-5-2-1-3-6-17/h1-3,5-10,13,15H,4,11-12,14H2/b10-8+. The van der Waals surface area contributed by atoms with Gasteiger partial charge in [-0.2, -0.15) is 0 Å². The Bertz CT molecular complexity index is 981. The first-order valence-electron chi connectivity index (χ1n) is 9.02. The molecule has 1 aliphatic rings. The third kappa shape index (κ3) is 4.58. The number of rotatable bonds is 5. The van der Waals surface area contributed by atoms with Gasteiger partial charge in [0.25, 0.3) is 0 Å². The fourth-order valence-corrected chi connectivity index (χ4v) is 3.54. The summed E-state index contributed by atoms with van der Waals surface area (Å²) in [6, 6.07) is 15.5. The van der Waals surface area contributed by atoms with Gasteiger partial charge in [0.05, 0.1) is 18.9 Å². The molecular weight excluding hydrogens is 374 g/mol. The van der Waals surface area contributed by atoms with Crippen LogP contribution in [0.2, 0.25) is 0 Å². The van der Waals surface area contributed by atoms with Crippen molar-refractivity contribution in [3.63, 3.8) is 0 Å². The second kappa shape index (κ2) is 8.71. The molecule has 0 amide bonds. The summed E-state index contributed by atoms with van der Waals surface area (Å²) in [6.45, 7) is 1.42. The van der Waals surface area contributed by atoms with Crippen LogP contribution in [0.5, 0.6) is 11.5 Å². The predicted octanol–water partition coefficient (Wildman–Crippen LogP) is 4.73. The lowest BCUT2D eigenvalue weighted by Crippen LogP contribution is -2.01. The van der Waals surface area contributed by atoms with Gasteiger partial charge in [0, 0.05) is 23.4 Å². The second-order valence-corrected chi connectivity index (χ2v) is 7.07. The van der Waals surface area contributed by atoms with Crippen LogP contribution >= 0.6 is 11.3 Å². The van der Waals surface area contributed by atoms with Crippen molar-refractivity contribution in [2.24, 2.45) is 0 Å². The lowest BCUT2D eigenvalue weighted by atomic mass is 10.2. The fraction of sp³-hybridized carbons (Fsp3) is 0.182. The van der Waals surface area contributed by atoms with Crippen molar-refractivity contribution in [3.05, 3.63) is 71.2 Å². The molecule has 0 unspecified atom stereocenters. The first-order valence-corrected chi connectivity index (χ1v) is 9.90. The van der Waals surface area contributed by atoms with Crippen molar-refractivity contribution in [3.8, 4) is 22.1 Å². The van der Waals surface area contributed by atoms with Crippen molar-refractivity contribution in [1.82, 2.24) is 4.98 Å². The van der Waals surface area contributed by atoms with E-state index in [1.807, 2.05) is 53.9 Å². The number of hydrogen-bond donors (Lipinski definition) is 0. The SMILES string of the molecule is O=C(/C=C/c1ccc2c(c1)OCCCO2)OCc1csc(-c2ccccc2)n1. The van der Waals surface area contributed by atoms with E-state index < -0.39 is 5.97 Å². The molecule has 142 valence electrons. The summed E-state index contributed by atoms with van der Waals surface area (Å²) >= 11 is 1.53. The normalized spacial score (nSPS) is 13.3. The van der Waals surface area contributed by atoms with Gasteiger partial charge in [-0.1, -0.05) is 36.4 Å². The minimum atomic E-state index is -0.415. The van der Waals surface area contributed by atoms with E-state index in [1.165, 1.54) is 17.4 Å². The van der Waals surface area contributed by atoms with Crippen molar-refractivity contribution in [1.29, 1.82) is 0 Å². The average molecular weight is 393 g/mol. The lowest BCUT2D eigenvalue weighted by Gasteiger charge is -2.07. The molecule has 6 heteroatoms. The molecule has 0 fully saturated rings. The highest BCUT2D eigenvalue weighted by atomic mass is 32.1. The monoisotopic (exact) mass is 393 g/mol. The zero-order valence-electron chi connectivity index (χ0n) is 15.2. The van der Waals surface area contributed by atoms with Gasteiger partial charge in [-0.25, -0.2) is 9.78 Å². The van der Waals surface area contributed by atoms with Crippen LogP contribution in [0.25, 0.3) is 16.6 Å². The Morgan fingerprint density at radius 1 is 1.11 bits per heavy atom. The molecule has 0 radical (unpaired) electrons. The fourth-order valence-electron chi connectivity index (χ4n) is 2.73. The average Bonchev–Trinajstić information content (AvgIpc) is 3.09. The summed E-state index contributed by atoms with van der Waals surface area (Å²) in [5, 5.41) is 2.82. The highest BCUT2D eigenvalue weighted by Gasteiger charge is 2.10. The van der Waals surface area contributed by atoms with E-state index in [0.29, 0.717) is 19.0 Å². The number of ether oxygens (including phenoxy) is 3. The van der Waals surface area contributed by atoms with Crippen molar-refractivity contribution < 1.29 is 19.0 Å². The Kier molecular flexibility index (Phi) is 5.68. The molecule has 0 atom stereocenters. The van der Waals surface area contributed by atoms with Crippen LogP contribution in [0.4, 0.5) is 0 Å². The predicted molar refractivity (Wildman–Crippen MR) is 108 cm³/mol. The number of benzene rings is 2. The van der Waals surface area contributed by atoms with E-state index >= 15 is 0 Å². The Hall–Kier alpha value is -3.12. The smallest absolute Gasteiger partial charge is 0.331 e. The van der Waals surface area contributed by atoms with E-state index in [0.717, 1.165) is 34.0 Å². The molecular formula is C22H19NO4S. The van der Waals surface area contributed by atoms with E-state index in [-0.39, 0.29) is 6.61 Å². The van der Waals surface area contributed by atoms with Crippen LogP contribution in [0.15, 0.2) is 60.0 Å². The van der Waals surface area contributed by atoms with Crippen LogP contribution < -0.4 is 9.47 Å². The molecule has 0 saturated carbocycles. The number of thiazole rings is 1. The highest BCUT2D eigenvalue weighted by molar-refractivity contribution is 7.13. The highest BCUT2D eigenvalue weighted by Crippen LogP contribution is 2.30. The Balaban J connectivity index is 1.33. The van der Waals surface area contributed by atoms with Gasteiger partial charge in [0.15, 0.2) is 11.5 Å². The van der Waals surface area contributed by atoms with Gasteiger partial charge >= 0.3 is 5.97 Å². The number of nitrogens with zero attached hydrogens (tertiary/aromatic N) is 1.